The third-order valence-electron chi connectivity index (χ3n) is 3.23. The maximum Gasteiger partial charge on any atom is 0.248 e. The summed E-state index contributed by atoms with van der Waals surface area (Å²) in [5.74, 6) is 0.360. The van der Waals surface area contributed by atoms with E-state index < -0.39 is 5.91 Å². The molecule has 2 aromatic rings. The zero-order chi connectivity index (χ0) is 16.7. The summed E-state index contributed by atoms with van der Waals surface area (Å²) in [6.07, 6.45) is 0. The zero-order valence-electron chi connectivity index (χ0n) is 13.4. The molecular weight excluding hydrogens is 308 g/mol. The number of carbonyl (C=O) groups excluding carboxylic acids is 1. The quantitative estimate of drug-likeness (QED) is 0.562. The number of hydrogen-bond acceptors (Lipinski definition) is 3. The second-order valence-electron chi connectivity index (χ2n) is 5.12. The molecule has 6 heteroatoms. The topological polar surface area (TPSA) is 79.5 Å². The van der Waals surface area contributed by atoms with E-state index in [9.17, 15) is 4.79 Å². The second-order valence-corrected chi connectivity index (χ2v) is 6.49. The molecule has 0 fully saturated rings. The smallest absolute Gasteiger partial charge is 0.248 e. The molecule has 2 rings (SSSR count). The van der Waals surface area contributed by atoms with Crippen LogP contribution in [0.3, 0.4) is 0 Å². The standard InChI is InChI=1S/C17H22N4OS/c1-3-19-17(21-11-15-9-4-12(2)23-15)20-10-13-5-7-14(8-6-13)16(18)22/h4-9H,3,10-11H2,1-2H3,(H2,18,22)(H2,19,20,21). The zero-order valence-corrected chi connectivity index (χ0v) is 14.2. The normalized spacial score (nSPS) is 11.3. The summed E-state index contributed by atoms with van der Waals surface area (Å²) in [4.78, 5) is 18.2. The van der Waals surface area contributed by atoms with Gasteiger partial charge >= 0.3 is 0 Å². The van der Waals surface area contributed by atoms with Gasteiger partial charge in [-0.15, -0.1) is 11.3 Å². The molecule has 0 radical (unpaired) electrons. The van der Waals surface area contributed by atoms with Crippen molar-refractivity contribution in [3.05, 3.63) is 57.3 Å². The van der Waals surface area contributed by atoms with Gasteiger partial charge in [0.1, 0.15) is 0 Å². The molecule has 0 atom stereocenters. The van der Waals surface area contributed by atoms with Crippen LogP contribution in [0, 0.1) is 6.92 Å². The maximum atomic E-state index is 11.1. The Morgan fingerprint density at radius 3 is 2.48 bits per heavy atom. The van der Waals surface area contributed by atoms with E-state index in [-0.39, 0.29) is 0 Å². The molecule has 23 heavy (non-hydrogen) atoms. The molecule has 0 spiro atoms. The van der Waals surface area contributed by atoms with Gasteiger partial charge in [0, 0.05) is 21.9 Å². The van der Waals surface area contributed by atoms with Crippen LogP contribution in [0.4, 0.5) is 0 Å². The first kappa shape index (κ1) is 17.0. The van der Waals surface area contributed by atoms with E-state index in [2.05, 4.69) is 34.7 Å². The molecule has 0 aliphatic carbocycles. The molecule has 1 heterocycles. The first-order chi connectivity index (χ1) is 11.1. The molecule has 0 unspecified atom stereocenters. The first-order valence-corrected chi connectivity index (χ1v) is 8.36. The number of amides is 1. The summed E-state index contributed by atoms with van der Waals surface area (Å²) >= 11 is 1.78. The first-order valence-electron chi connectivity index (χ1n) is 7.54. The number of nitrogens with zero attached hydrogens (tertiary/aromatic N) is 1. The van der Waals surface area contributed by atoms with E-state index in [0.29, 0.717) is 12.1 Å². The largest absolute Gasteiger partial charge is 0.366 e. The second kappa shape index (κ2) is 8.33. The number of guanidine groups is 1. The fourth-order valence-corrected chi connectivity index (χ4v) is 2.87. The number of aryl methyl sites for hydroxylation is 1. The summed E-state index contributed by atoms with van der Waals surface area (Å²) < 4.78 is 0. The Morgan fingerprint density at radius 2 is 1.91 bits per heavy atom. The Hall–Kier alpha value is -2.34. The number of nitrogens with one attached hydrogen (secondary N) is 2. The van der Waals surface area contributed by atoms with E-state index in [1.165, 1.54) is 9.75 Å². The van der Waals surface area contributed by atoms with Gasteiger partial charge in [-0.3, -0.25) is 4.79 Å². The molecule has 4 N–H and O–H groups in total. The molecule has 5 nitrogen and oxygen atoms in total. The lowest BCUT2D eigenvalue weighted by Gasteiger charge is -2.10. The predicted octanol–water partition coefficient (Wildman–Crippen LogP) is 2.41. The fraction of sp³-hybridized carbons (Fsp3) is 0.294. The molecule has 0 saturated heterocycles. The van der Waals surface area contributed by atoms with E-state index in [4.69, 9.17) is 5.73 Å². The highest BCUT2D eigenvalue weighted by atomic mass is 32.1. The maximum absolute atomic E-state index is 11.1. The number of aliphatic imine (C=N–C) groups is 1. The molecule has 0 aliphatic rings. The van der Waals surface area contributed by atoms with Crippen molar-refractivity contribution in [3.8, 4) is 0 Å². The minimum absolute atomic E-state index is 0.415. The Bertz CT molecular complexity index is 676. The average Bonchev–Trinajstić information content (AvgIpc) is 2.96. The van der Waals surface area contributed by atoms with Crippen LogP contribution < -0.4 is 16.4 Å². The number of rotatable bonds is 6. The van der Waals surface area contributed by atoms with E-state index in [0.717, 1.165) is 24.6 Å². The number of nitrogens with two attached hydrogens (primary N) is 1. The van der Waals surface area contributed by atoms with Crippen LogP contribution in [0.1, 0.15) is 32.6 Å². The molecule has 0 bridgehead atoms. The minimum atomic E-state index is -0.415. The lowest BCUT2D eigenvalue weighted by Crippen LogP contribution is -2.36. The van der Waals surface area contributed by atoms with Crippen molar-refractivity contribution in [3.63, 3.8) is 0 Å². The van der Waals surface area contributed by atoms with Crippen molar-refractivity contribution in [2.45, 2.75) is 26.9 Å². The Morgan fingerprint density at radius 1 is 1.17 bits per heavy atom. The molecular formula is C17H22N4OS. The van der Waals surface area contributed by atoms with Gasteiger partial charge in [0.15, 0.2) is 5.96 Å². The molecule has 0 saturated carbocycles. The van der Waals surface area contributed by atoms with Crippen LogP contribution in [-0.4, -0.2) is 18.4 Å². The summed E-state index contributed by atoms with van der Waals surface area (Å²) in [7, 11) is 0. The monoisotopic (exact) mass is 330 g/mol. The van der Waals surface area contributed by atoms with Crippen LogP contribution in [0.25, 0.3) is 0 Å². The number of hydrogen-bond donors (Lipinski definition) is 3. The Labute approximate surface area is 140 Å². The van der Waals surface area contributed by atoms with Crippen molar-refractivity contribution in [2.75, 3.05) is 6.54 Å². The number of carbonyl (C=O) groups is 1. The third-order valence-corrected chi connectivity index (χ3v) is 4.23. The van der Waals surface area contributed by atoms with Gasteiger partial charge in [0.25, 0.3) is 0 Å². The van der Waals surface area contributed by atoms with Crippen molar-refractivity contribution in [1.82, 2.24) is 10.6 Å². The molecule has 1 amide bonds. The van der Waals surface area contributed by atoms with Crippen LogP contribution in [0.2, 0.25) is 0 Å². The highest BCUT2D eigenvalue weighted by Gasteiger charge is 2.02. The number of thiophene rings is 1. The van der Waals surface area contributed by atoms with Crippen molar-refractivity contribution >= 4 is 23.2 Å². The van der Waals surface area contributed by atoms with Gasteiger partial charge in [0.2, 0.25) is 5.91 Å². The highest BCUT2D eigenvalue weighted by molar-refractivity contribution is 7.11. The molecule has 1 aromatic heterocycles. The molecule has 1 aromatic carbocycles. The Kier molecular flexibility index (Phi) is 6.17. The third kappa shape index (κ3) is 5.41. The molecule has 122 valence electrons. The summed E-state index contributed by atoms with van der Waals surface area (Å²) in [5.41, 5.74) is 6.77. The van der Waals surface area contributed by atoms with Crippen LogP contribution >= 0.6 is 11.3 Å². The van der Waals surface area contributed by atoms with Gasteiger partial charge in [-0.2, -0.15) is 0 Å². The Balaban J connectivity index is 1.95. The number of primary amides is 1. The van der Waals surface area contributed by atoms with Gasteiger partial charge in [-0.25, -0.2) is 4.99 Å². The van der Waals surface area contributed by atoms with E-state index in [1.54, 1.807) is 23.5 Å². The van der Waals surface area contributed by atoms with Crippen LogP contribution in [0.5, 0.6) is 0 Å². The van der Waals surface area contributed by atoms with Crippen LogP contribution in [0.15, 0.2) is 41.4 Å². The highest BCUT2D eigenvalue weighted by Crippen LogP contribution is 2.14. The van der Waals surface area contributed by atoms with Gasteiger partial charge in [-0.1, -0.05) is 12.1 Å². The predicted molar refractivity (Wildman–Crippen MR) is 95.7 cm³/mol. The van der Waals surface area contributed by atoms with Crippen LogP contribution in [-0.2, 0) is 13.1 Å². The summed E-state index contributed by atoms with van der Waals surface area (Å²) in [6, 6.07) is 11.4. The lowest BCUT2D eigenvalue weighted by atomic mass is 10.1. The van der Waals surface area contributed by atoms with Crippen molar-refractivity contribution in [2.24, 2.45) is 10.7 Å². The van der Waals surface area contributed by atoms with E-state index in [1.807, 2.05) is 19.1 Å². The van der Waals surface area contributed by atoms with Gasteiger partial charge in [0.05, 0.1) is 13.1 Å². The van der Waals surface area contributed by atoms with Crippen molar-refractivity contribution in [1.29, 1.82) is 0 Å². The van der Waals surface area contributed by atoms with Crippen molar-refractivity contribution < 1.29 is 4.79 Å². The molecule has 0 aliphatic heterocycles. The van der Waals surface area contributed by atoms with Gasteiger partial charge < -0.3 is 16.4 Å². The lowest BCUT2D eigenvalue weighted by molar-refractivity contribution is 0.100. The number of benzene rings is 1. The summed E-state index contributed by atoms with van der Waals surface area (Å²) in [6.45, 7) is 6.23. The average molecular weight is 330 g/mol. The summed E-state index contributed by atoms with van der Waals surface area (Å²) in [5, 5.41) is 6.55. The minimum Gasteiger partial charge on any atom is -0.366 e. The van der Waals surface area contributed by atoms with E-state index >= 15 is 0 Å². The SMILES string of the molecule is CCNC(=NCc1ccc(C(N)=O)cc1)NCc1ccc(C)s1. The fourth-order valence-electron chi connectivity index (χ4n) is 2.04. The van der Waals surface area contributed by atoms with Gasteiger partial charge in [-0.05, 0) is 43.7 Å².